The summed E-state index contributed by atoms with van der Waals surface area (Å²) in [6.07, 6.45) is 0.370. The van der Waals surface area contributed by atoms with E-state index in [9.17, 15) is 14.4 Å². The minimum Gasteiger partial charge on any atom is -0.497 e. The van der Waals surface area contributed by atoms with Gasteiger partial charge in [0.1, 0.15) is 11.8 Å². The number of carbonyl (C=O) groups is 3. The first-order valence-corrected chi connectivity index (χ1v) is 11.5. The van der Waals surface area contributed by atoms with Crippen LogP contribution < -0.4 is 19.1 Å². The van der Waals surface area contributed by atoms with Crippen LogP contribution in [0.25, 0.3) is 0 Å². The number of amides is 3. The summed E-state index contributed by atoms with van der Waals surface area (Å²) < 4.78 is 15.9. The maximum Gasteiger partial charge on any atom is 0.257 e. The van der Waals surface area contributed by atoms with Gasteiger partial charge in [-0.3, -0.25) is 14.4 Å². The third kappa shape index (κ3) is 5.02. The lowest BCUT2D eigenvalue weighted by atomic mass is 10.1. The topological polar surface area (TPSA) is 85.4 Å². The van der Waals surface area contributed by atoms with Gasteiger partial charge in [0.2, 0.25) is 5.91 Å². The lowest BCUT2D eigenvalue weighted by Gasteiger charge is -2.28. The van der Waals surface area contributed by atoms with Gasteiger partial charge in [-0.2, -0.15) is 0 Å². The minimum atomic E-state index is -0.910. The van der Waals surface area contributed by atoms with Crippen molar-refractivity contribution in [1.29, 1.82) is 0 Å². The van der Waals surface area contributed by atoms with Crippen LogP contribution in [0.3, 0.4) is 0 Å². The molecule has 0 N–H and O–H groups in total. The fourth-order valence-corrected chi connectivity index (χ4v) is 4.29. The molecule has 3 aromatic carbocycles. The van der Waals surface area contributed by atoms with Crippen LogP contribution in [0.15, 0.2) is 72.8 Å². The van der Waals surface area contributed by atoms with Crippen LogP contribution in [0, 0.1) is 0 Å². The van der Waals surface area contributed by atoms with E-state index in [4.69, 9.17) is 14.2 Å². The molecule has 4 rings (SSSR count). The van der Waals surface area contributed by atoms with E-state index in [0.717, 1.165) is 10.5 Å². The van der Waals surface area contributed by atoms with Gasteiger partial charge in [-0.25, -0.2) is 4.90 Å². The van der Waals surface area contributed by atoms with Crippen LogP contribution in [0.5, 0.6) is 17.2 Å². The molecule has 8 nitrogen and oxygen atoms in total. The van der Waals surface area contributed by atoms with Crippen molar-refractivity contribution >= 4 is 23.4 Å². The number of benzene rings is 3. The number of nitrogens with zero attached hydrogens (tertiary/aromatic N) is 2. The highest BCUT2D eigenvalue weighted by atomic mass is 16.5. The molecule has 1 aliphatic rings. The highest BCUT2D eigenvalue weighted by Crippen LogP contribution is 2.30. The second-order valence-corrected chi connectivity index (χ2v) is 8.29. The highest BCUT2D eigenvalue weighted by Gasteiger charge is 2.44. The van der Waals surface area contributed by atoms with Crippen LogP contribution in [0.2, 0.25) is 0 Å². The molecule has 36 heavy (non-hydrogen) atoms. The van der Waals surface area contributed by atoms with Gasteiger partial charge in [-0.15, -0.1) is 0 Å². The summed E-state index contributed by atoms with van der Waals surface area (Å²) in [5.74, 6) is 0.705. The van der Waals surface area contributed by atoms with Gasteiger partial charge in [-0.05, 0) is 60.5 Å². The molecule has 0 saturated carbocycles. The van der Waals surface area contributed by atoms with E-state index in [1.807, 2.05) is 18.2 Å². The van der Waals surface area contributed by atoms with E-state index in [0.29, 0.717) is 34.9 Å². The van der Waals surface area contributed by atoms with E-state index >= 15 is 0 Å². The zero-order chi connectivity index (χ0) is 25.7. The Balaban J connectivity index is 1.61. The Kier molecular flexibility index (Phi) is 7.53. The molecule has 3 aromatic rings. The van der Waals surface area contributed by atoms with Gasteiger partial charge >= 0.3 is 0 Å². The zero-order valence-corrected chi connectivity index (χ0v) is 20.5. The summed E-state index contributed by atoms with van der Waals surface area (Å²) >= 11 is 0. The van der Waals surface area contributed by atoms with Crippen molar-refractivity contribution in [2.24, 2.45) is 0 Å². The second-order valence-electron chi connectivity index (χ2n) is 8.29. The molecule has 3 amide bonds. The monoisotopic (exact) mass is 488 g/mol. The minimum absolute atomic E-state index is 0.0879. The number of hydrogen-bond acceptors (Lipinski definition) is 6. The molecule has 1 unspecified atom stereocenters. The molecule has 0 aliphatic carbocycles. The summed E-state index contributed by atoms with van der Waals surface area (Å²) in [4.78, 5) is 42.6. The Bertz CT molecular complexity index is 1240. The number of anilines is 1. The van der Waals surface area contributed by atoms with Gasteiger partial charge < -0.3 is 19.1 Å². The summed E-state index contributed by atoms with van der Waals surface area (Å²) in [6, 6.07) is 20.1. The molecule has 0 aromatic heterocycles. The summed E-state index contributed by atoms with van der Waals surface area (Å²) in [7, 11) is 4.67. The fourth-order valence-electron chi connectivity index (χ4n) is 4.29. The smallest absolute Gasteiger partial charge is 0.257 e. The van der Waals surface area contributed by atoms with Crippen molar-refractivity contribution in [3.63, 3.8) is 0 Å². The lowest BCUT2D eigenvalue weighted by molar-refractivity contribution is -0.122. The van der Waals surface area contributed by atoms with E-state index in [1.165, 1.54) is 4.90 Å². The van der Waals surface area contributed by atoms with Gasteiger partial charge in [0.05, 0.1) is 33.4 Å². The Morgan fingerprint density at radius 3 is 2.22 bits per heavy atom. The van der Waals surface area contributed by atoms with E-state index in [-0.39, 0.29) is 24.8 Å². The largest absolute Gasteiger partial charge is 0.497 e. The quantitative estimate of drug-likeness (QED) is 0.427. The van der Waals surface area contributed by atoms with Gasteiger partial charge in [0.25, 0.3) is 11.8 Å². The molecular weight excluding hydrogens is 460 g/mol. The number of hydrogen-bond donors (Lipinski definition) is 0. The van der Waals surface area contributed by atoms with Crippen molar-refractivity contribution in [3.8, 4) is 17.2 Å². The number of rotatable bonds is 9. The molecule has 1 aliphatic heterocycles. The predicted molar refractivity (Wildman–Crippen MR) is 135 cm³/mol. The van der Waals surface area contributed by atoms with Crippen molar-refractivity contribution in [2.45, 2.75) is 18.9 Å². The van der Waals surface area contributed by atoms with Crippen molar-refractivity contribution in [2.75, 3.05) is 32.8 Å². The van der Waals surface area contributed by atoms with E-state index in [2.05, 4.69) is 0 Å². The van der Waals surface area contributed by atoms with Crippen LogP contribution in [-0.2, 0) is 16.0 Å². The zero-order valence-electron chi connectivity index (χ0n) is 20.5. The Morgan fingerprint density at radius 1 is 0.889 bits per heavy atom. The molecule has 1 atom stereocenters. The normalized spacial score (nSPS) is 15.1. The van der Waals surface area contributed by atoms with Crippen LogP contribution in [0.1, 0.15) is 22.3 Å². The Labute approximate surface area is 210 Å². The maximum absolute atomic E-state index is 13.5. The standard InChI is InChI=1S/C28H28N2O6/c1-34-22-12-10-21(11-13-22)30-26(31)18-23(28(30)33)29(27(32)20-7-5-4-6-8-20)16-15-19-9-14-24(35-2)25(17-19)36-3/h4-14,17,23H,15-16,18H2,1-3H3. The summed E-state index contributed by atoms with van der Waals surface area (Å²) in [5.41, 5.74) is 1.80. The van der Waals surface area contributed by atoms with Gasteiger partial charge in [0.15, 0.2) is 11.5 Å². The van der Waals surface area contributed by atoms with Crippen molar-refractivity contribution in [1.82, 2.24) is 4.90 Å². The van der Waals surface area contributed by atoms with E-state index < -0.39 is 11.9 Å². The number of carbonyl (C=O) groups excluding carboxylic acids is 3. The number of imide groups is 1. The van der Waals surface area contributed by atoms with Crippen LogP contribution >= 0.6 is 0 Å². The molecular formula is C28H28N2O6. The van der Waals surface area contributed by atoms with Crippen LogP contribution in [-0.4, -0.2) is 56.5 Å². The summed E-state index contributed by atoms with van der Waals surface area (Å²) in [6.45, 7) is 0.239. The van der Waals surface area contributed by atoms with Gasteiger partial charge in [0, 0.05) is 12.1 Å². The van der Waals surface area contributed by atoms with Crippen molar-refractivity contribution in [3.05, 3.63) is 83.9 Å². The molecule has 0 bridgehead atoms. The first-order valence-electron chi connectivity index (χ1n) is 11.5. The predicted octanol–water partition coefficient (Wildman–Crippen LogP) is 3.73. The van der Waals surface area contributed by atoms with E-state index in [1.54, 1.807) is 75.9 Å². The first-order chi connectivity index (χ1) is 17.5. The number of ether oxygens (including phenoxy) is 3. The molecule has 1 heterocycles. The van der Waals surface area contributed by atoms with Crippen LogP contribution in [0.4, 0.5) is 5.69 Å². The maximum atomic E-state index is 13.5. The third-order valence-electron chi connectivity index (χ3n) is 6.20. The Hall–Kier alpha value is -4.33. The molecule has 8 heteroatoms. The molecule has 186 valence electrons. The van der Waals surface area contributed by atoms with Crippen molar-refractivity contribution < 1.29 is 28.6 Å². The third-order valence-corrected chi connectivity index (χ3v) is 6.20. The average molecular weight is 489 g/mol. The molecule has 1 saturated heterocycles. The second kappa shape index (κ2) is 10.9. The van der Waals surface area contributed by atoms with Gasteiger partial charge in [-0.1, -0.05) is 24.3 Å². The molecule has 0 spiro atoms. The SMILES string of the molecule is COc1ccc(N2C(=O)CC(N(CCc3ccc(OC)c(OC)c3)C(=O)c3ccccc3)C2=O)cc1. The molecule has 0 radical (unpaired) electrons. The average Bonchev–Trinajstić information content (AvgIpc) is 3.22. The Morgan fingerprint density at radius 2 is 1.58 bits per heavy atom. The summed E-state index contributed by atoms with van der Waals surface area (Å²) in [5, 5.41) is 0. The fraction of sp³-hybridized carbons (Fsp3) is 0.250. The first kappa shape index (κ1) is 24.8. The highest BCUT2D eigenvalue weighted by molar-refractivity contribution is 6.23. The molecule has 1 fully saturated rings. The lowest BCUT2D eigenvalue weighted by Crippen LogP contribution is -2.46. The number of methoxy groups -OCH3 is 3.